The van der Waals surface area contributed by atoms with Crippen LogP contribution in [0.3, 0.4) is 0 Å². The lowest BCUT2D eigenvalue weighted by Gasteiger charge is -2.35. The van der Waals surface area contributed by atoms with E-state index in [9.17, 15) is 4.79 Å². The molecule has 0 bridgehead atoms. The standard InChI is InChI=1S/C22H29N3O2/c1-18(19-6-4-3-5-7-19)16-23-22(26)17-24-12-14-25(15-13-24)20-8-10-21(27-2)11-9-20/h3-11,18H,12-17H2,1-2H3,(H,23,26). The van der Waals surface area contributed by atoms with Gasteiger partial charge in [0.05, 0.1) is 13.7 Å². The largest absolute Gasteiger partial charge is 0.497 e. The van der Waals surface area contributed by atoms with Crippen molar-refractivity contribution in [3.05, 3.63) is 60.2 Å². The van der Waals surface area contributed by atoms with Crippen molar-refractivity contribution in [1.82, 2.24) is 10.2 Å². The van der Waals surface area contributed by atoms with Gasteiger partial charge in [0, 0.05) is 38.4 Å². The lowest BCUT2D eigenvalue weighted by atomic mass is 10.0. The Morgan fingerprint density at radius 2 is 1.70 bits per heavy atom. The Morgan fingerprint density at radius 3 is 2.33 bits per heavy atom. The Balaban J connectivity index is 1.40. The second-order valence-electron chi connectivity index (χ2n) is 7.08. The molecule has 0 saturated carbocycles. The molecule has 2 aromatic carbocycles. The number of carbonyl (C=O) groups is 1. The quantitative estimate of drug-likeness (QED) is 0.817. The van der Waals surface area contributed by atoms with Crippen LogP contribution in [0.15, 0.2) is 54.6 Å². The first-order chi connectivity index (χ1) is 13.2. The van der Waals surface area contributed by atoms with Crippen LogP contribution in [0.1, 0.15) is 18.4 Å². The summed E-state index contributed by atoms with van der Waals surface area (Å²) in [5, 5.41) is 3.08. The van der Waals surface area contributed by atoms with Gasteiger partial charge in [0.2, 0.25) is 5.91 Å². The van der Waals surface area contributed by atoms with Crippen molar-refractivity contribution in [2.75, 3.05) is 51.3 Å². The number of nitrogens with zero attached hydrogens (tertiary/aromatic N) is 2. The highest BCUT2D eigenvalue weighted by Gasteiger charge is 2.19. The number of amides is 1. The normalized spacial score (nSPS) is 16.0. The lowest BCUT2D eigenvalue weighted by Crippen LogP contribution is -2.49. The molecule has 2 aromatic rings. The molecule has 1 amide bonds. The molecule has 1 heterocycles. The molecule has 0 aromatic heterocycles. The van der Waals surface area contributed by atoms with Crippen LogP contribution in [0, 0.1) is 0 Å². The average molecular weight is 367 g/mol. The van der Waals surface area contributed by atoms with Crippen LogP contribution in [-0.4, -0.2) is 57.2 Å². The predicted molar refractivity (Wildman–Crippen MR) is 110 cm³/mol. The van der Waals surface area contributed by atoms with Crippen molar-refractivity contribution in [2.45, 2.75) is 12.8 Å². The zero-order chi connectivity index (χ0) is 19.1. The van der Waals surface area contributed by atoms with E-state index >= 15 is 0 Å². The molecule has 1 aliphatic rings. The minimum Gasteiger partial charge on any atom is -0.497 e. The highest BCUT2D eigenvalue weighted by Crippen LogP contribution is 2.20. The monoisotopic (exact) mass is 367 g/mol. The first-order valence-corrected chi connectivity index (χ1v) is 9.58. The summed E-state index contributed by atoms with van der Waals surface area (Å²) in [4.78, 5) is 16.9. The summed E-state index contributed by atoms with van der Waals surface area (Å²) in [6, 6.07) is 18.5. The Morgan fingerprint density at radius 1 is 1.04 bits per heavy atom. The summed E-state index contributed by atoms with van der Waals surface area (Å²) in [5.74, 6) is 1.30. The topological polar surface area (TPSA) is 44.8 Å². The van der Waals surface area contributed by atoms with E-state index in [1.165, 1.54) is 11.3 Å². The molecule has 1 unspecified atom stereocenters. The summed E-state index contributed by atoms with van der Waals surface area (Å²) in [6.07, 6.45) is 0. The van der Waals surface area contributed by atoms with Gasteiger partial charge in [-0.05, 0) is 35.7 Å². The zero-order valence-corrected chi connectivity index (χ0v) is 16.2. The third-order valence-corrected chi connectivity index (χ3v) is 5.15. The van der Waals surface area contributed by atoms with Crippen molar-refractivity contribution in [3.63, 3.8) is 0 Å². The molecule has 27 heavy (non-hydrogen) atoms. The fraction of sp³-hybridized carbons (Fsp3) is 0.409. The van der Waals surface area contributed by atoms with Crippen LogP contribution in [-0.2, 0) is 4.79 Å². The van der Waals surface area contributed by atoms with Gasteiger partial charge in [-0.3, -0.25) is 9.69 Å². The van der Waals surface area contributed by atoms with Crippen molar-refractivity contribution in [2.24, 2.45) is 0 Å². The van der Waals surface area contributed by atoms with Gasteiger partial charge in [0.15, 0.2) is 0 Å². The number of piperazine rings is 1. The summed E-state index contributed by atoms with van der Waals surface area (Å²) in [7, 11) is 1.68. The lowest BCUT2D eigenvalue weighted by molar-refractivity contribution is -0.122. The molecular weight excluding hydrogens is 338 g/mol. The maximum atomic E-state index is 12.3. The molecular formula is C22H29N3O2. The Bertz CT molecular complexity index is 710. The Labute approximate surface area is 161 Å². The minimum absolute atomic E-state index is 0.107. The summed E-state index contributed by atoms with van der Waals surface area (Å²) in [5.41, 5.74) is 2.46. The van der Waals surface area contributed by atoms with Crippen LogP contribution >= 0.6 is 0 Å². The summed E-state index contributed by atoms with van der Waals surface area (Å²) < 4.78 is 5.21. The van der Waals surface area contributed by atoms with Gasteiger partial charge in [-0.2, -0.15) is 0 Å². The minimum atomic E-state index is 0.107. The molecule has 1 atom stereocenters. The number of ether oxygens (including phenoxy) is 1. The van der Waals surface area contributed by atoms with Crippen LogP contribution < -0.4 is 15.0 Å². The number of benzene rings is 2. The van der Waals surface area contributed by atoms with E-state index in [0.29, 0.717) is 19.0 Å². The second-order valence-corrected chi connectivity index (χ2v) is 7.08. The number of carbonyl (C=O) groups excluding carboxylic acids is 1. The van der Waals surface area contributed by atoms with E-state index in [4.69, 9.17) is 4.74 Å². The van der Waals surface area contributed by atoms with E-state index in [0.717, 1.165) is 31.9 Å². The maximum Gasteiger partial charge on any atom is 0.234 e. The van der Waals surface area contributed by atoms with Crippen molar-refractivity contribution in [1.29, 1.82) is 0 Å². The van der Waals surface area contributed by atoms with Gasteiger partial charge in [-0.15, -0.1) is 0 Å². The number of hydrogen-bond donors (Lipinski definition) is 1. The van der Waals surface area contributed by atoms with E-state index in [-0.39, 0.29) is 5.91 Å². The van der Waals surface area contributed by atoms with Crippen molar-refractivity contribution >= 4 is 11.6 Å². The van der Waals surface area contributed by atoms with E-state index in [1.54, 1.807) is 7.11 Å². The third-order valence-electron chi connectivity index (χ3n) is 5.15. The molecule has 0 aliphatic carbocycles. The first-order valence-electron chi connectivity index (χ1n) is 9.58. The fourth-order valence-electron chi connectivity index (χ4n) is 3.38. The highest BCUT2D eigenvalue weighted by molar-refractivity contribution is 5.78. The molecule has 1 saturated heterocycles. The van der Waals surface area contributed by atoms with Crippen LogP contribution in [0.25, 0.3) is 0 Å². The van der Waals surface area contributed by atoms with Crippen LogP contribution in [0.2, 0.25) is 0 Å². The molecule has 0 radical (unpaired) electrons. The number of anilines is 1. The van der Waals surface area contributed by atoms with Gasteiger partial charge in [0.1, 0.15) is 5.75 Å². The smallest absolute Gasteiger partial charge is 0.234 e. The second kappa shape index (κ2) is 9.42. The summed E-state index contributed by atoms with van der Waals surface area (Å²) >= 11 is 0. The fourth-order valence-corrected chi connectivity index (χ4v) is 3.38. The van der Waals surface area contributed by atoms with Gasteiger partial charge in [-0.1, -0.05) is 37.3 Å². The maximum absolute atomic E-state index is 12.3. The number of methoxy groups -OCH3 is 1. The molecule has 3 rings (SSSR count). The van der Waals surface area contributed by atoms with Crippen LogP contribution in [0.5, 0.6) is 5.75 Å². The van der Waals surface area contributed by atoms with Gasteiger partial charge < -0.3 is 15.0 Å². The average Bonchev–Trinajstić information content (AvgIpc) is 2.73. The number of nitrogens with one attached hydrogen (secondary N) is 1. The Hall–Kier alpha value is -2.53. The first kappa shape index (κ1) is 19.2. The number of hydrogen-bond acceptors (Lipinski definition) is 4. The highest BCUT2D eigenvalue weighted by atomic mass is 16.5. The van der Waals surface area contributed by atoms with Gasteiger partial charge in [0.25, 0.3) is 0 Å². The van der Waals surface area contributed by atoms with Gasteiger partial charge in [-0.25, -0.2) is 0 Å². The predicted octanol–water partition coefficient (Wildman–Crippen LogP) is 2.74. The van der Waals surface area contributed by atoms with Crippen molar-refractivity contribution in [3.8, 4) is 5.75 Å². The summed E-state index contributed by atoms with van der Waals surface area (Å²) in [6.45, 7) is 6.94. The molecule has 5 heteroatoms. The molecule has 5 nitrogen and oxygen atoms in total. The SMILES string of the molecule is COc1ccc(N2CCN(CC(=O)NCC(C)c3ccccc3)CC2)cc1. The van der Waals surface area contributed by atoms with E-state index in [2.05, 4.69) is 46.3 Å². The van der Waals surface area contributed by atoms with Crippen molar-refractivity contribution < 1.29 is 9.53 Å². The third kappa shape index (κ3) is 5.47. The molecule has 1 N–H and O–H groups in total. The molecule has 1 aliphatic heterocycles. The molecule has 144 valence electrons. The van der Waals surface area contributed by atoms with Crippen LogP contribution in [0.4, 0.5) is 5.69 Å². The number of rotatable bonds is 7. The zero-order valence-electron chi connectivity index (χ0n) is 16.2. The van der Waals surface area contributed by atoms with E-state index in [1.807, 2.05) is 30.3 Å². The van der Waals surface area contributed by atoms with E-state index < -0.39 is 0 Å². The van der Waals surface area contributed by atoms with Gasteiger partial charge >= 0.3 is 0 Å². The molecule has 1 fully saturated rings. The molecule has 0 spiro atoms. The Kier molecular flexibility index (Phi) is 6.71.